The SMILES string of the molecule is CC(O)CNC1(C(=O)O)CCCCC1C. The van der Waals surface area contributed by atoms with Gasteiger partial charge in [-0.1, -0.05) is 19.8 Å². The number of aliphatic hydroxyl groups excluding tert-OH is 1. The topological polar surface area (TPSA) is 69.6 Å². The van der Waals surface area contributed by atoms with E-state index >= 15 is 0 Å². The van der Waals surface area contributed by atoms with Crippen molar-refractivity contribution in [2.75, 3.05) is 6.54 Å². The third-order valence-electron chi connectivity index (χ3n) is 3.39. The third-order valence-corrected chi connectivity index (χ3v) is 3.39. The summed E-state index contributed by atoms with van der Waals surface area (Å²) in [5, 5.41) is 21.6. The molecule has 1 aliphatic rings. The maximum Gasteiger partial charge on any atom is 0.324 e. The normalized spacial score (nSPS) is 33.7. The Morgan fingerprint density at radius 2 is 2.27 bits per heavy atom. The number of nitrogens with one attached hydrogen (secondary N) is 1. The summed E-state index contributed by atoms with van der Waals surface area (Å²) in [7, 11) is 0. The van der Waals surface area contributed by atoms with Gasteiger partial charge in [0, 0.05) is 6.54 Å². The third kappa shape index (κ3) is 2.69. The second kappa shape index (κ2) is 4.94. The summed E-state index contributed by atoms with van der Waals surface area (Å²) in [5.74, 6) is -0.655. The number of β-amino-alcohol motifs (C(OH)–C–C–N with tert-alkyl or cyclic N) is 1. The molecule has 0 spiro atoms. The Balaban J connectivity index is 2.72. The number of aliphatic carboxylic acids is 1. The Kier molecular flexibility index (Phi) is 4.11. The number of rotatable bonds is 4. The molecule has 0 heterocycles. The molecule has 1 aliphatic carbocycles. The van der Waals surface area contributed by atoms with E-state index in [9.17, 15) is 15.0 Å². The molecule has 15 heavy (non-hydrogen) atoms. The Labute approximate surface area is 90.7 Å². The predicted octanol–water partition coefficient (Wildman–Crippen LogP) is 0.990. The van der Waals surface area contributed by atoms with Gasteiger partial charge in [0.2, 0.25) is 0 Å². The highest BCUT2D eigenvalue weighted by Crippen LogP contribution is 2.33. The standard InChI is InChI=1S/C11H21NO3/c1-8-5-3-4-6-11(8,10(14)15)12-7-9(2)13/h8-9,12-13H,3-7H2,1-2H3,(H,14,15). The van der Waals surface area contributed by atoms with Crippen LogP contribution >= 0.6 is 0 Å². The molecular weight excluding hydrogens is 194 g/mol. The average molecular weight is 215 g/mol. The monoisotopic (exact) mass is 215 g/mol. The maximum atomic E-state index is 11.4. The van der Waals surface area contributed by atoms with Crippen LogP contribution < -0.4 is 5.32 Å². The van der Waals surface area contributed by atoms with Gasteiger partial charge in [0.1, 0.15) is 5.54 Å². The fourth-order valence-electron chi connectivity index (χ4n) is 2.33. The fourth-order valence-corrected chi connectivity index (χ4v) is 2.33. The minimum atomic E-state index is -0.824. The first-order chi connectivity index (χ1) is 6.99. The van der Waals surface area contributed by atoms with Crippen LogP contribution in [0.25, 0.3) is 0 Å². The first-order valence-corrected chi connectivity index (χ1v) is 5.65. The molecule has 3 N–H and O–H groups in total. The van der Waals surface area contributed by atoms with Crippen LogP contribution in [0.4, 0.5) is 0 Å². The number of aliphatic hydroxyl groups is 1. The molecular formula is C11H21NO3. The van der Waals surface area contributed by atoms with E-state index < -0.39 is 17.6 Å². The smallest absolute Gasteiger partial charge is 0.324 e. The Morgan fingerprint density at radius 3 is 2.73 bits per heavy atom. The molecule has 4 nitrogen and oxygen atoms in total. The Bertz CT molecular complexity index is 230. The molecule has 0 radical (unpaired) electrons. The minimum Gasteiger partial charge on any atom is -0.480 e. The van der Waals surface area contributed by atoms with Crippen molar-refractivity contribution in [3.05, 3.63) is 0 Å². The second-order valence-corrected chi connectivity index (χ2v) is 4.65. The molecule has 0 aromatic carbocycles. The number of hydrogen-bond donors (Lipinski definition) is 3. The van der Waals surface area contributed by atoms with Crippen molar-refractivity contribution in [3.63, 3.8) is 0 Å². The van der Waals surface area contributed by atoms with Crippen LogP contribution in [0, 0.1) is 5.92 Å². The summed E-state index contributed by atoms with van der Waals surface area (Å²) in [4.78, 5) is 11.4. The quantitative estimate of drug-likeness (QED) is 0.654. The maximum absolute atomic E-state index is 11.4. The van der Waals surface area contributed by atoms with E-state index in [1.807, 2.05) is 6.92 Å². The van der Waals surface area contributed by atoms with Crippen LogP contribution in [-0.2, 0) is 4.79 Å². The molecule has 3 atom stereocenters. The van der Waals surface area contributed by atoms with Gasteiger partial charge in [-0.15, -0.1) is 0 Å². The lowest BCUT2D eigenvalue weighted by Gasteiger charge is -2.40. The molecule has 0 saturated heterocycles. The lowest BCUT2D eigenvalue weighted by molar-refractivity contribution is -0.149. The van der Waals surface area contributed by atoms with Crippen molar-refractivity contribution in [1.29, 1.82) is 0 Å². The molecule has 0 amide bonds. The van der Waals surface area contributed by atoms with Crippen molar-refractivity contribution in [1.82, 2.24) is 5.32 Å². The van der Waals surface area contributed by atoms with E-state index in [1.54, 1.807) is 6.92 Å². The van der Waals surface area contributed by atoms with E-state index in [-0.39, 0.29) is 5.92 Å². The predicted molar refractivity (Wildman–Crippen MR) is 57.7 cm³/mol. The van der Waals surface area contributed by atoms with E-state index in [0.717, 1.165) is 19.3 Å². The highest BCUT2D eigenvalue weighted by Gasteiger charge is 2.44. The van der Waals surface area contributed by atoms with E-state index in [4.69, 9.17) is 0 Å². The van der Waals surface area contributed by atoms with Gasteiger partial charge in [-0.3, -0.25) is 10.1 Å². The van der Waals surface area contributed by atoms with Gasteiger partial charge in [-0.25, -0.2) is 0 Å². The molecule has 0 aromatic rings. The summed E-state index contributed by atoms with van der Waals surface area (Å²) in [5.41, 5.74) is -0.824. The molecule has 0 bridgehead atoms. The summed E-state index contributed by atoms with van der Waals surface area (Å²) < 4.78 is 0. The highest BCUT2D eigenvalue weighted by atomic mass is 16.4. The minimum absolute atomic E-state index is 0.127. The van der Waals surface area contributed by atoms with Gasteiger partial charge in [-0.2, -0.15) is 0 Å². The van der Waals surface area contributed by atoms with Crippen LogP contribution in [0.1, 0.15) is 39.5 Å². The van der Waals surface area contributed by atoms with Crippen LogP contribution in [-0.4, -0.2) is 34.4 Å². The zero-order valence-corrected chi connectivity index (χ0v) is 9.49. The van der Waals surface area contributed by atoms with Crippen molar-refractivity contribution in [2.45, 2.75) is 51.2 Å². The van der Waals surface area contributed by atoms with Crippen molar-refractivity contribution >= 4 is 5.97 Å². The molecule has 1 fully saturated rings. The second-order valence-electron chi connectivity index (χ2n) is 4.65. The van der Waals surface area contributed by atoms with E-state index in [0.29, 0.717) is 13.0 Å². The lowest BCUT2D eigenvalue weighted by atomic mass is 9.73. The van der Waals surface area contributed by atoms with Gasteiger partial charge < -0.3 is 10.2 Å². The Hall–Kier alpha value is -0.610. The zero-order chi connectivity index (χ0) is 11.5. The van der Waals surface area contributed by atoms with E-state index in [1.165, 1.54) is 0 Å². The molecule has 4 heteroatoms. The van der Waals surface area contributed by atoms with Gasteiger partial charge in [0.05, 0.1) is 6.10 Å². The average Bonchev–Trinajstić information content (AvgIpc) is 2.16. The van der Waals surface area contributed by atoms with Crippen molar-refractivity contribution < 1.29 is 15.0 Å². The molecule has 3 unspecified atom stereocenters. The van der Waals surface area contributed by atoms with Crippen LogP contribution in [0.15, 0.2) is 0 Å². The first-order valence-electron chi connectivity index (χ1n) is 5.65. The highest BCUT2D eigenvalue weighted by molar-refractivity contribution is 5.79. The molecule has 88 valence electrons. The Morgan fingerprint density at radius 1 is 1.60 bits per heavy atom. The zero-order valence-electron chi connectivity index (χ0n) is 9.49. The summed E-state index contributed by atoms with van der Waals surface area (Å²) in [6, 6.07) is 0. The lowest BCUT2D eigenvalue weighted by Crippen LogP contribution is -2.59. The number of carboxylic acid groups (broad SMARTS) is 1. The van der Waals surface area contributed by atoms with Crippen LogP contribution in [0.3, 0.4) is 0 Å². The van der Waals surface area contributed by atoms with Gasteiger partial charge in [-0.05, 0) is 25.7 Å². The van der Waals surface area contributed by atoms with Crippen LogP contribution in [0.5, 0.6) is 0 Å². The summed E-state index contributed by atoms with van der Waals surface area (Å²) in [6.45, 7) is 3.98. The van der Waals surface area contributed by atoms with Crippen LogP contribution in [0.2, 0.25) is 0 Å². The molecule has 0 aliphatic heterocycles. The largest absolute Gasteiger partial charge is 0.480 e. The molecule has 0 aromatic heterocycles. The number of hydrogen-bond acceptors (Lipinski definition) is 3. The number of carbonyl (C=O) groups is 1. The van der Waals surface area contributed by atoms with Gasteiger partial charge >= 0.3 is 5.97 Å². The van der Waals surface area contributed by atoms with Gasteiger partial charge in [0.25, 0.3) is 0 Å². The number of carboxylic acids is 1. The van der Waals surface area contributed by atoms with Crippen molar-refractivity contribution in [2.24, 2.45) is 5.92 Å². The first kappa shape index (κ1) is 12.5. The summed E-state index contributed by atoms with van der Waals surface area (Å²) >= 11 is 0. The van der Waals surface area contributed by atoms with E-state index in [2.05, 4.69) is 5.32 Å². The fraction of sp³-hybridized carbons (Fsp3) is 0.909. The molecule has 1 rings (SSSR count). The van der Waals surface area contributed by atoms with Crippen molar-refractivity contribution in [3.8, 4) is 0 Å². The van der Waals surface area contributed by atoms with Gasteiger partial charge in [0.15, 0.2) is 0 Å². The summed E-state index contributed by atoms with van der Waals surface area (Å²) in [6.07, 6.45) is 3.15. The molecule has 1 saturated carbocycles.